The van der Waals surface area contributed by atoms with Crippen LogP contribution in [0, 0.1) is 12.3 Å². The number of terminal acetylenes is 1. The van der Waals surface area contributed by atoms with E-state index in [1.54, 1.807) is 29.7 Å². The van der Waals surface area contributed by atoms with E-state index in [9.17, 15) is 13.2 Å². The van der Waals surface area contributed by atoms with Crippen molar-refractivity contribution in [1.82, 2.24) is 4.57 Å². The molecule has 0 amide bonds. The van der Waals surface area contributed by atoms with Gasteiger partial charge in [0.25, 0.3) is 10.0 Å². The van der Waals surface area contributed by atoms with E-state index in [0.717, 1.165) is 22.7 Å². The minimum absolute atomic E-state index is 0.0458. The van der Waals surface area contributed by atoms with Crippen LogP contribution in [0.2, 0.25) is 4.34 Å². The fraction of sp³-hybridized carbons (Fsp3) is 0.176. The maximum absolute atomic E-state index is 12.6. The first-order valence-corrected chi connectivity index (χ1v) is 11.1. The predicted octanol–water partition coefficient (Wildman–Crippen LogP) is 3.52. The van der Waals surface area contributed by atoms with E-state index in [1.165, 1.54) is 12.1 Å². The van der Waals surface area contributed by atoms with Crippen molar-refractivity contribution >= 4 is 60.5 Å². The van der Waals surface area contributed by atoms with Crippen LogP contribution in [0.5, 0.6) is 0 Å². The van der Waals surface area contributed by atoms with E-state index in [2.05, 4.69) is 10.3 Å². The van der Waals surface area contributed by atoms with Crippen molar-refractivity contribution in [3.8, 4) is 12.3 Å². The van der Waals surface area contributed by atoms with Gasteiger partial charge in [0, 0.05) is 0 Å². The summed E-state index contributed by atoms with van der Waals surface area (Å²) in [5.74, 6) is 2.05. The minimum atomic E-state index is -3.93. The van der Waals surface area contributed by atoms with Crippen LogP contribution in [0.3, 0.4) is 0 Å². The van der Waals surface area contributed by atoms with Crippen LogP contribution in [0.4, 0.5) is 0 Å². The van der Waals surface area contributed by atoms with E-state index in [-0.39, 0.29) is 22.2 Å². The van der Waals surface area contributed by atoms with Gasteiger partial charge in [-0.1, -0.05) is 28.9 Å². The summed E-state index contributed by atoms with van der Waals surface area (Å²) in [6, 6.07) is 7.85. The number of benzene rings is 1. The molecule has 0 aliphatic rings. The number of halogens is 1. The highest BCUT2D eigenvalue weighted by molar-refractivity contribution is 7.92. The molecule has 0 saturated heterocycles. The van der Waals surface area contributed by atoms with Crippen molar-refractivity contribution < 1.29 is 17.9 Å². The molecule has 0 aliphatic carbocycles. The number of hydrogen-bond donors (Lipinski definition) is 0. The largest absolute Gasteiger partial charge is 0.462 e. The molecule has 2 aromatic heterocycles. The number of sulfonamides is 1. The average Bonchev–Trinajstić information content (AvgIpc) is 3.19. The SMILES string of the molecule is C#CCn1/c(=N/S(=O)(=O)c2ccc(Cl)s2)sc2cc(C(=O)OCC)ccc21. The molecule has 0 bridgehead atoms. The third kappa shape index (κ3) is 4.09. The number of hydrogen-bond acceptors (Lipinski definition) is 6. The Kier molecular flexibility index (Phi) is 5.72. The van der Waals surface area contributed by atoms with Gasteiger partial charge in [0.05, 0.1) is 33.3 Å². The van der Waals surface area contributed by atoms with Gasteiger partial charge in [-0.3, -0.25) is 0 Å². The Labute approximate surface area is 168 Å². The number of thiazole rings is 1. The average molecular weight is 441 g/mol. The molecular formula is C17H13ClN2O4S3. The molecule has 140 valence electrons. The second-order valence-corrected chi connectivity index (χ2v) is 9.76. The maximum atomic E-state index is 12.6. The summed E-state index contributed by atoms with van der Waals surface area (Å²) in [7, 11) is -3.93. The first kappa shape index (κ1) is 19.6. The summed E-state index contributed by atoms with van der Waals surface area (Å²) >= 11 is 7.88. The molecule has 27 heavy (non-hydrogen) atoms. The molecule has 0 aliphatic heterocycles. The molecule has 1 aromatic carbocycles. The molecule has 2 heterocycles. The van der Waals surface area contributed by atoms with Crippen LogP contribution in [-0.4, -0.2) is 25.6 Å². The Morgan fingerprint density at radius 3 is 2.74 bits per heavy atom. The fourth-order valence-electron chi connectivity index (χ4n) is 2.31. The second kappa shape index (κ2) is 7.86. The van der Waals surface area contributed by atoms with Gasteiger partial charge in [0.1, 0.15) is 4.21 Å². The summed E-state index contributed by atoms with van der Waals surface area (Å²) < 4.78 is 36.7. The number of nitrogens with zero attached hydrogens (tertiary/aromatic N) is 2. The number of carbonyl (C=O) groups is 1. The normalized spacial score (nSPS) is 12.3. The summed E-state index contributed by atoms with van der Waals surface area (Å²) in [4.78, 5) is 12.2. The van der Waals surface area contributed by atoms with Gasteiger partial charge < -0.3 is 9.30 Å². The number of ether oxygens (including phenoxy) is 1. The Hall–Kier alpha value is -2.12. The summed E-state index contributed by atoms with van der Waals surface area (Å²) in [6.45, 7) is 2.13. The molecule has 3 aromatic rings. The molecule has 0 saturated carbocycles. The van der Waals surface area contributed by atoms with Crippen LogP contribution in [0.15, 0.2) is 38.9 Å². The number of carbonyl (C=O) groups excluding carboxylic acids is 1. The predicted molar refractivity (Wildman–Crippen MR) is 107 cm³/mol. The first-order chi connectivity index (χ1) is 12.9. The zero-order chi connectivity index (χ0) is 19.6. The zero-order valence-corrected chi connectivity index (χ0v) is 17.2. The van der Waals surface area contributed by atoms with Crippen molar-refractivity contribution in [2.45, 2.75) is 17.7 Å². The van der Waals surface area contributed by atoms with Crippen molar-refractivity contribution in [3.63, 3.8) is 0 Å². The minimum Gasteiger partial charge on any atom is -0.462 e. The highest BCUT2D eigenvalue weighted by Crippen LogP contribution is 2.27. The third-order valence-corrected chi connectivity index (χ3v) is 7.57. The second-order valence-electron chi connectivity index (χ2n) is 5.20. The van der Waals surface area contributed by atoms with Crippen molar-refractivity contribution in [2.24, 2.45) is 4.40 Å². The van der Waals surface area contributed by atoms with Gasteiger partial charge in [-0.2, -0.15) is 8.42 Å². The van der Waals surface area contributed by atoms with Crippen molar-refractivity contribution in [1.29, 1.82) is 0 Å². The maximum Gasteiger partial charge on any atom is 0.338 e. The zero-order valence-electron chi connectivity index (χ0n) is 14.0. The smallest absolute Gasteiger partial charge is 0.338 e. The van der Waals surface area contributed by atoms with Crippen LogP contribution >= 0.6 is 34.3 Å². The van der Waals surface area contributed by atoms with E-state index in [0.29, 0.717) is 20.1 Å². The summed E-state index contributed by atoms with van der Waals surface area (Å²) in [5.41, 5.74) is 1.06. The fourth-order valence-corrected chi connectivity index (χ4v) is 6.05. The Balaban J connectivity index is 2.18. The molecule has 0 N–H and O–H groups in total. The van der Waals surface area contributed by atoms with Crippen molar-refractivity contribution in [2.75, 3.05) is 6.61 Å². The Morgan fingerprint density at radius 1 is 1.33 bits per heavy atom. The van der Waals surface area contributed by atoms with Gasteiger partial charge >= 0.3 is 5.97 Å². The highest BCUT2D eigenvalue weighted by atomic mass is 35.5. The van der Waals surface area contributed by atoms with Gasteiger partial charge in [-0.15, -0.1) is 22.2 Å². The van der Waals surface area contributed by atoms with Crippen LogP contribution < -0.4 is 4.80 Å². The molecule has 0 fully saturated rings. The number of aromatic nitrogens is 1. The highest BCUT2D eigenvalue weighted by Gasteiger charge is 2.18. The van der Waals surface area contributed by atoms with Crippen LogP contribution in [0.1, 0.15) is 17.3 Å². The van der Waals surface area contributed by atoms with E-state index in [4.69, 9.17) is 22.8 Å². The summed E-state index contributed by atoms with van der Waals surface area (Å²) in [6.07, 6.45) is 5.43. The Bertz CT molecular complexity index is 1230. The standard InChI is InChI=1S/C17H13ClN2O4S3/c1-3-9-20-12-6-5-11(16(21)24-4-2)10-13(12)25-17(20)19-27(22,23)15-8-7-14(18)26-15/h1,5-8,10H,4,9H2,2H3/b19-17-. The topological polar surface area (TPSA) is 77.7 Å². The molecule has 0 unspecified atom stereocenters. The van der Waals surface area contributed by atoms with Gasteiger partial charge in [-0.25, -0.2) is 4.79 Å². The van der Waals surface area contributed by atoms with Gasteiger partial charge in [-0.05, 0) is 37.3 Å². The molecule has 6 nitrogen and oxygen atoms in total. The summed E-state index contributed by atoms with van der Waals surface area (Å²) in [5, 5.41) is 0. The lowest BCUT2D eigenvalue weighted by atomic mass is 10.2. The van der Waals surface area contributed by atoms with Gasteiger partial charge in [0.15, 0.2) is 0 Å². The quantitative estimate of drug-likeness (QED) is 0.449. The number of rotatable bonds is 5. The molecule has 3 rings (SSSR count). The van der Waals surface area contributed by atoms with Crippen LogP contribution in [-0.2, 0) is 21.3 Å². The lowest BCUT2D eigenvalue weighted by molar-refractivity contribution is 0.0526. The number of fused-ring (bicyclic) bond motifs is 1. The van der Waals surface area contributed by atoms with E-state index < -0.39 is 16.0 Å². The molecule has 0 spiro atoms. The monoisotopic (exact) mass is 440 g/mol. The van der Waals surface area contributed by atoms with Crippen LogP contribution in [0.25, 0.3) is 10.2 Å². The van der Waals surface area contributed by atoms with E-state index in [1.807, 2.05) is 0 Å². The molecule has 0 atom stereocenters. The lowest BCUT2D eigenvalue weighted by Gasteiger charge is -2.03. The number of thiophene rings is 1. The van der Waals surface area contributed by atoms with E-state index >= 15 is 0 Å². The Morgan fingerprint density at radius 2 is 2.11 bits per heavy atom. The molecular weight excluding hydrogens is 428 g/mol. The first-order valence-electron chi connectivity index (χ1n) is 7.66. The van der Waals surface area contributed by atoms with Crippen molar-refractivity contribution in [3.05, 3.63) is 45.0 Å². The van der Waals surface area contributed by atoms with Gasteiger partial charge in [0.2, 0.25) is 4.80 Å². The molecule has 10 heteroatoms. The number of esters is 1. The third-order valence-electron chi connectivity index (χ3n) is 3.44. The molecule has 0 radical (unpaired) electrons. The lowest BCUT2D eigenvalue weighted by Crippen LogP contribution is -2.16.